The van der Waals surface area contributed by atoms with Crippen molar-refractivity contribution in [3.05, 3.63) is 0 Å². The van der Waals surface area contributed by atoms with Crippen LogP contribution in [0.1, 0.15) is 20.3 Å². The summed E-state index contributed by atoms with van der Waals surface area (Å²) in [5.41, 5.74) is 5.59. The van der Waals surface area contributed by atoms with E-state index >= 15 is 0 Å². The Morgan fingerprint density at radius 3 is 2.47 bits per heavy atom. The normalized spacial score (nSPS) is 22.9. The fraction of sp³-hybridized carbons (Fsp3) is 0.900. The van der Waals surface area contributed by atoms with E-state index < -0.39 is 0 Å². The molecule has 5 nitrogen and oxygen atoms in total. The highest BCUT2D eigenvalue weighted by atomic mass is 16.4. The van der Waals surface area contributed by atoms with E-state index in [1.54, 1.807) is 0 Å². The van der Waals surface area contributed by atoms with Gasteiger partial charge in [-0.25, -0.2) is 0 Å². The van der Waals surface area contributed by atoms with Crippen molar-refractivity contribution in [2.45, 2.75) is 26.3 Å². The molecule has 0 aliphatic carbocycles. The van der Waals surface area contributed by atoms with Crippen LogP contribution in [0.2, 0.25) is 0 Å². The van der Waals surface area contributed by atoms with Crippen LogP contribution >= 0.6 is 0 Å². The van der Waals surface area contributed by atoms with Crippen molar-refractivity contribution in [1.82, 2.24) is 9.80 Å². The number of hydrogen-bond donors (Lipinski definition) is 2. The molecule has 1 saturated heterocycles. The standard InChI is InChI=1S/C10H22N4O/c1-3-4-13-5-7-14(8-6-13)9(2)10(11)12-15/h9,15H,3-8H2,1-2H3,(H2,11,12). The molecule has 1 unspecified atom stereocenters. The predicted octanol–water partition coefficient (Wildman–Crippen LogP) is 0.149. The number of nitrogens with zero attached hydrogens (tertiary/aromatic N) is 3. The summed E-state index contributed by atoms with van der Waals surface area (Å²) >= 11 is 0. The van der Waals surface area contributed by atoms with E-state index in [0.717, 1.165) is 26.2 Å². The fourth-order valence-electron chi connectivity index (χ4n) is 1.96. The van der Waals surface area contributed by atoms with Crippen molar-refractivity contribution in [1.29, 1.82) is 0 Å². The van der Waals surface area contributed by atoms with Crippen LogP contribution in [0.3, 0.4) is 0 Å². The first-order chi connectivity index (χ1) is 7.19. The van der Waals surface area contributed by atoms with Gasteiger partial charge in [-0.1, -0.05) is 12.1 Å². The van der Waals surface area contributed by atoms with Crippen LogP contribution < -0.4 is 5.73 Å². The summed E-state index contributed by atoms with van der Waals surface area (Å²) in [5.74, 6) is 0.305. The molecule has 0 aromatic rings. The zero-order valence-corrected chi connectivity index (χ0v) is 9.69. The average Bonchev–Trinajstić information content (AvgIpc) is 2.28. The topological polar surface area (TPSA) is 65.1 Å². The fourth-order valence-corrected chi connectivity index (χ4v) is 1.96. The number of nitrogens with two attached hydrogens (primary N) is 1. The predicted molar refractivity (Wildman–Crippen MR) is 61.2 cm³/mol. The van der Waals surface area contributed by atoms with E-state index in [-0.39, 0.29) is 6.04 Å². The van der Waals surface area contributed by atoms with Gasteiger partial charge in [-0.15, -0.1) is 0 Å². The van der Waals surface area contributed by atoms with Gasteiger partial charge in [-0.3, -0.25) is 4.90 Å². The molecule has 1 aliphatic heterocycles. The summed E-state index contributed by atoms with van der Waals surface area (Å²) in [6, 6.07) is 0.0405. The highest BCUT2D eigenvalue weighted by Crippen LogP contribution is 2.06. The highest BCUT2D eigenvalue weighted by molar-refractivity contribution is 5.84. The van der Waals surface area contributed by atoms with Crippen LogP contribution in [0, 0.1) is 0 Å². The molecule has 5 heteroatoms. The van der Waals surface area contributed by atoms with Gasteiger partial charge in [0.25, 0.3) is 0 Å². The largest absolute Gasteiger partial charge is 0.409 e. The minimum Gasteiger partial charge on any atom is -0.409 e. The maximum atomic E-state index is 8.60. The second-order valence-electron chi connectivity index (χ2n) is 4.08. The molecule has 0 amide bonds. The van der Waals surface area contributed by atoms with Crippen molar-refractivity contribution in [2.75, 3.05) is 32.7 Å². The lowest BCUT2D eigenvalue weighted by Crippen LogP contribution is -2.53. The Hall–Kier alpha value is -0.810. The molecule has 0 radical (unpaired) electrons. The quantitative estimate of drug-likeness (QED) is 0.302. The molecule has 0 spiro atoms. The van der Waals surface area contributed by atoms with Crippen molar-refractivity contribution >= 4 is 5.84 Å². The summed E-state index contributed by atoms with van der Waals surface area (Å²) < 4.78 is 0. The van der Waals surface area contributed by atoms with Crippen LogP contribution in [0.4, 0.5) is 0 Å². The average molecular weight is 214 g/mol. The van der Waals surface area contributed by atoms with Crippen LogP contribution in [0.15, 0.2) is 5.16 Å². The molecule has 1 heterocycles. The molecule has 3 N–H and O–H groups in total. The zero-order chi connectivity index (χ0) is 11.3. The SMILES string of the molecule is CCCN1CCN(C(C)C(N)=NO)CC1. The minimum atomic E-state index is 0.0405. The summed E-state index contributed by atoms with van der Waals surface area (Å²) in [6.45, 7) is 9.50. The van der Waals surface area contributed by atoms with Gasteiger partial charge in [0.15, 0.2) is 5.84 Å². The summed E-state index contributed by atoms with van der Waals surface area (Å²) in [7, 11) is 0. The summed E-state index contributed by atoms with van der Waals surface area (Å²) in [6.07, 6.45) is 1.20. The van der Waals surface area contributed by atoms with Gasteiger partial charge in [0, 0.05) is 26.2 Å². The molecule has 1 fully saturated rings. The van der Waals surface area contributed by atoms with Gasteiger partial charge >= 0.3 is 0 Å². The molecule has 1 rings (SSSR count). The molecule has 0 aromatic carbocycles. The number of oxime groups is 1. The second-order valence-corrected chi connectivity index (χ2v) is 4.08. The maximum Gasteiger partial charge on any atom is 0.156 e. The summed E-state index contributed by atoms with van der Waals surface area (Å²) in [4.78, 5) is 4.71. The van der Waals surface area contributed by atoms with E-state index in [1.807, 2.05) is 6.92 Å². The van der Waals surface area contributed by atoms with Crippen molar-refractivity contribution in [3.8, 4) is 0 Å². The van der Waals surface area contributed by atoms with Gasteiger partial charge < -0.3 is 15.8 Å². The molecule has 15 heavy (non-hydrogen) atoms. The van der Waals surface area contributed by atoms with E-state index in [1.165, 1.54) is 13.0 Å². The monoisotopic (exact) mass is 214 g/mol. The Kier molecular flexibility index (Phi) is 4.84. The van der Waals surface area contributed by atoms with E-state index in [9.17, 15) is 0 Å². The van der Waals surface area contributed by atoms with Crippen LogP contribution in [-0.2, 0) is 0 Å². The van der Waals surface area contributed by atoms with Gasteiger partial charge in [0.05, 0.1) is 6.04 Å². The number of piperazine rings is 1. The van der Waals surface area contributed by atoms with Crippen LogP contribution in [0.25, 0.3) is 0 Å². The van der Waals surface area contributed by atoms with Gasteiger partial charge in [0.2, 0.25) is 0 Å². The Balaban J connectivity index is 2.36. The first kappa shape index (κ1) is 12.3. The molecular formula is C10H22N4O. The lowest BCUT2D eigenvalue weighted by molar-refractivity contribution is 0.121. The lowest BCUT2D eigenvalue weighted by Gasteiger charge is -2.37. The zero-order valence-electron chi connectivity index (χ0n) is 9.69. The van der Waals surface area contributed by atoms with E-state index in [4.69, 9.17) is 10.9 Å². The van der Waals surface area contributed by atoms with Crippen LogP contribution in [-0.4, -0.2) is 59.6 Å². The van der Waals surface area contributed by atoms with Gasteiger partial charge in [-0.05, 0) is 19.9 Å². The second kappa shape index (κ2) is 5.92. The minimum absolute atomic E-state index is 0.0405. The summed E-state index contributed by atoms with van der Waals surface area (Å²) in [5, 5.41) is 11.7. The molecule has 1 atom stereocenters. The Bertz CT molecular complexity index is 211. The molecular weight excluding hydrogens is 192 g/mol. The number of amidine groups is 1. The molecule has 0 aromatic heterocycles. The lowest BCUT2D eigenvalue weighted by atomic mass is 10.2. The molecule has 0 saturated carbocycles. The van der Waals surface area contributed by atoms with Gasteiger partial charge in [0.1, 0.15) is 0 Å². The van der Waals surface area contributed by atoms with Crippen molar-refractivity contribution < 1.29 is 5.21 Å². The third kappa shape index (κ3) is 3.35. The number of hydrogen-bond acceptors (Lipinski definition) is 4. The Morgan fingerprint density at radius 1 is 1.40 bits per heavy atom. The highest BCUT2D eigenvalue weighted by Gasteiger charge is 2.22. The third-order valence-electron chi connectivity index (χ3n) is 3.04. The Morgan fingerprint density at radius 2 is 2.00 bits per heavy atom. The van der Waals surface area contributed by atoms with Crippen molar-refractivity contribution in [3.63, 3.8) is 0 Å². The first-order valence-corrected chi connectivity index (χ1v) is 5.62. The Labute approximate surface area is 91.5 Å². The molecule has 0 bridgehead atoms. The van der Waals surface area contributed by atoms with E-state index in [0.29, 0.717) is 5.84 Å². The molecule has 1 aliphatic rings. The third-order valence-corrected chi connectivity index (χ3v) is 3.04. The van der Waals surface area contributed by atoms with E-state index in [2.05, 4.69) is 21.9 Å². The smallest absolute Gasteiger partial charge is 0.156 e. The van der Waals surface area contributed by atoms with Crippen molar-refractivity contribution in [2.24, 2.45) is 10.9 Å². The molecule has 88 valence electrons. The van der Waals surface area contributed by atoms with Gasteiger partial charge in [-0.2, -0.15) is 0 Å². The number of rotatable bonds is 4. The maximum absolute atomic E-state index is 8.60. The van der Waals surface area contributed by atoms with Crippen LogP contribution in [0.5, 0.6) is 0 Å². The first-order valence-electron chi connectivity index (χ1n) is 5.62.